The summed E-state index contributed by atoms with van der Waals surface area (Å²) < 4.78 is 38.8. The molecule has 1 heterocycles. The van der Waals surface area contributed by atoms with Gasteiger partial charge in [-0.2, -0.15) is 13.2 Å². The maximum Gasteiger partial charge on any atom is 0.412 e. The summed E-state index contributed by atoms with van der Waals surface area (Å²) in [6.45, 7) is 1.42. The molecule has 0 saturated carbocycles. The van der Waals surface area contributed by atoms with Gasteiger partial charge >= 0.3 is 6.18 Å². The van der Waals surface area contributed by atoms with Crippen molar-refractivity contribution in [1.82, 2.24) is 5.32 Å². The largest absolute Gasteiger partial charge is 0.412 e. The Morgan fingerprint density at radius 3 is 2.55 bits per heavy atom. The fraction of sp³-hybridized carbons (Fsp3) is 0.769. The molecule has 20 heavy (non-hydrogen) atoms. The molecular formula is C13H18F3NOS2. The van der Waals surface area contributed by atoms with Crippen LogP contribution in [0.2, 0.25) is 0 Å². The van der Waals surface area contributed by atoms with Crippen molar-refractivity contribution >= 4 is 29.4 Å². The van der Waals surface area contributed by atoms with Crippen molar-refractivity contribution in [3.8, 4) is 0 Å². The molecule has 7 heteroatoms. The number of hydrogen-bond acceptors (Lipinski definition) is 3. The van der Waals surface area contributed by atoms with Crippen LogP contribution in [0.3, 0.4) is 0 Å². The van der Waals surface area contributed by atoms with E-state index in [0.717, 1.165) is 17.9 Å². The van der Waals surface area contributed by atoms with E-state index >= 15 is 0 Å². The highest BCUT2D eigenvalue weighted by Crippen LogP contribution is 2.43. The van der Waals surface area contributed by atoms with Crippen molar-refractivity contribution in [3.05, 3.63) is 11.6 Å². The second-order valence-corrected chi connectivity index (χ2v) is 7.87. The van der Waals surface area contributed by atoms with E-state index in [2.05, 4.69) is 5.32 Å². The average molecular weight is 325 g/mol. The van der Waals surface area contributed by atoms with Gasteiger partial charge in [-0.1, -0.05) is 6.08 Å². The third kappa shape index (κ3) is 4.10. The van der Waals surface area contributed by atoms with Crippen molar-refractivity contribution in [2.45, 2.75) is 43.0 Å². The molecular weight excluding hydrogens is 307 g/mol. The van der Waals surface area contributed by atoms with E-state index in [1.54, 1.807) is 23.5 Å². The van der Waals surface area contributed by atoms with Gasteiger partial charge in [0.05, 0.1) is 4.58 Å². The molecule has 0 bridgehead atoms. The lowest BCUT2D eigenvalue weighted by atomic mass is 9.86. The molecule has 0 aromatic rings. The van der Waals surface area contributed by atoms with Gasteiger partial charge in [-0.25, -0.2) is 0 Å². The number of rotatable bonds is 2. The molecule has 1 fully saturated rings. The Labute approximate surface area is 125 Å². The summed E-state index contributed by atoms with van der Waals surface area (Å²) in [5.74, 6) is 1.56. The van der Waals surface area contributed by atoms with Crippen LogP contribution in [0.5, 0.6) is 0 Å². The van der Waals surface area contributed by atoms with Crippen LogP contribution in [0.1, 0.15) is 26.2 Å². The maximum absolute atomic E-state index is 12.9. The lowest BCUT2D eigenvalue weighted by Crippen LogP contribution is -2.44. The second kappa shape index (κ2) is 6.64. The monoisotopic (exact) mass is 325 g/mol. The number of nitrogens with one attached hydrogen (secondary N) is 1. The molecule has 0 aromatic heterocycles. The summed E-state index contributed by atoms with van der Waals surface area (Å²) in [7, 11) is 0. The molecule has 114 valence electrons. The number of amides is 1. The predicted octanol–water partition coefficient (Wildman–Crippen LogP) is 3.59. The van der Waals surface area contributed by atoms with E-state index in [9.17, 15) is 18.0 Å². The highest BCUT2D eigenvalue weighted by molar-refractivity contribution is 8.17. The summed E-state index contributed by atoms with van der Waals surface area (Å²) >= 11 is 3.43. The van der Waals surface area contributed by atoms with Gasteiger partial charge in [-0.15, -0.1) is 23.5 Å². The fourth-order valence-electron chi connectivity index (χ4n) is 2.60. The van der Waals surface area contributed by atoms with Crippen molar-refractivity contribution in [1.29, 1.82) is 0 Å². The molecule has 2 nitrogen and oxygen atoms in total. The van der Waals surface area contributed by atoms with Crippen molar-refractivity contribution < 1.29 is 18.0 Å². The molecule has 0 spiro atoms. The molecule has 1 aliphatic heterocycles. The minimum absolute atomic E-state index is 0.00694. The molecule has 2 unspecified atom stereocenters. The minimum atomic E-state index is -4.25. The molecule has 2 atom stereocenters. The molecule has 1 N–H and O–H groups in total. The molecule has 2 aliphatic rings. The van der Waals surface area contributed by atoms with E-state index in [1.165, 1.54) is 13.0 Å². The summed E-state index contributed by atoms with van der Waals surface area (Å²) in [6.07, 6.45) is -1.43. The molecule has 1 amide bonds. The van der Waals surface area contributed by atoms with Crippen LogP contribution in [0, 0.1) is 5.92 Å². The quantitative estimate of drug-likeness (QED) is 0.787. The lowest BCUT2D eigenvalue weighted by Gasteiger charge is -2.37. The SMILES string of the molecule is CC(=O)NC1CCC(C(F)(F)F)=CC1C1SCCCS1. The first kappa shape index (κ1) is 16.1. The summed E-state index contributed by atoms with van der Waals surface area (Å²) in [4.78, 5) is 11.3. The molecule has 0 aromatic carbocycles. The third-order valence-corrected chi connectivity index (χ3v) is 6.65. The Kier molecular flexibility index (Phi) is 5.34. The Morgan fingerprint density at radius 2 is 2.00 bits per heavy atom. The summed E-state index contributed by atoms with van der Waals surface area (Å²) in [5.41, 5.74) is -0.434. The Bertz CT molecular complexity index is 392. The van der Waals surface area contributed by atoms with Crippen LogP contribution >= 0.6 is 23.5 Å². The Hall–Kier alpha value is -0.300. The van der Waals surface area contributed by atoms with Gasteiger partial charge in [0.1, 0.15) is 0 Å². The van der Waals surface area contributed by atoms with Gasteiger partial charge in [-0.3, -0.25) is 4.79 Å². The van der Waals surface area contributed by atoms with Gasteiger partial charge in [0, 0.05) is 24.5 Å². The standard InChI is InChI=1S/C13H18F3NOS2/c1-8(18)17-11-4-3-9(13(14,15)16)7-10(11)12-19-5-2-6-20-12/h7,10-12H,2-6H2,1H3,(H,17,18). The average Bonchev–Trinajstić information content (AvgIpc) is 2.38. The van der Waals surface area contributed by atoms with E-state index in [0.29, 0.717) is 6.42 Å². The number of halogens is 3. The van der Waals surface area contributed by atoms with Crippen molar-refractivity contribution in [2.75, 3.05) is 11.5 Å². The Morgan fingerprint density at radius 1 is 1.35 bits per heavy atom. The second-order valence-electron chi connectivity index (χ2n) is 5.08. The first-order chi connectivity index (χ1) is 9.38. The number of allylic oxidation sites excluding steroid dienone is 1. The lowest BCUT2D eigenvalue weighted by molar-refractivity contribution is -0.120. The van der Waals surface area contributed by atoms with E-state index < -0.39 is 11.7 Å². The van der Waals surface area contributed by atoms with Gasteiger partial charge in [0.15, 0.2) is 0 Å². The topological polar surface area (TPSA) is 29.1 Å². The predicted molar refractivity (Wildman–Crippen MR) is 77.8 cm³/mol. The van der Waals surface area contributed by atoms with E-state index in [4.69, 9.17) is 0 Å². The van der Waals surface area contributed by atoms with Gasteiger partial charge < -0.3 is 5.32 Å². The van der Waals surface area contributed by atoms with Crippen LogP contribution in [-0.2, 0) is 4.79 Å². The number of alkyl halides is 3. The van der Waals surface area contributed by atoms with Crippen molar-refractivity contribution in [3.63, 3.8) is 0 Å². The molecule has 1 aliphatic carbocycles. The van der Waals surface area contributed by atoms with E-state index in [-0.39, 0.29) is 28.9 Å². The van der Waals surface area contributed by atoms with Gasteiger partial charge in [-0.05, 0) is 30.8 Å². The van der Waals surface area contributed by atoms with Gasteiger partial charge in [0.2, 0.25) is 5.91 Å². The number of hydrogen-bond donors (Lipinski definition) is 1. The van der Waals surface area contributed by atoms with Crippen LogP contribution in [0.15, 0.2) is 11.6 Å². The highest BCUT2D eigenvalue weighted by atomic mass is 32.2. The zero-order valence-corrected chi connectivity index (χ0v) is 12.8. The third-order valence-electron chi connectivity index (χ3n) is 3.50. The van der Waals surface area contributed by atoms with Crippen LogP contribution in [0.25, 0.3) is 0 Å². The summed E-state index contributed by atoms with van der Waals surface area (Å²) in [6, 6.07) is -0.179. The maximum atomic E-state index is 12.9. The minimum Gasteiger partial charge on any atom is -0.353 e. The zero-order chi connectivity index (χ0) is 14.8. The number of thioether (sulfide) groups is 2. The van der Waals surface area contributed by atoms with Crippen LogP contribution < -0.4 is 5.32 Å². The Balaban J connectivity index is 2.18. The van der Waals surface area contributed by atoms with Crippen LogP contribution in [0.4, 0.5) is 13.2 Å². The first-order valence-corrected chi connectivity index (χ1v) is 8.76. The molecule has 2 rings (SSSR count). The molecule has 1 saturated heterocycles. The van der Waals surface area contributed by atoms with Crippen molar-refractivity contribution in [2.24, 2.45) is 5.92 Å². The summed E-state index contributed by atoms with van der Waals surface area (Å²) in [5, 5.41) is 2.82. The van der Waals surface area contributed by atoms with E-state index in [1.807, 2.05) is 0 Å². The smallest absolute Gasteiger partial charge is 0.353 e. The molecule has 0 radical (unpaired) electrons. The number of carbonyl (C=O) groups excluding carboxylic acids is 1. The number of carbonyl (C=O) groups is 1. The highest BCUT2D eigenvalue weighted by Gasteiger charge is 2.41. The fourth-order valence-corrected chi connectivity index (χ4v) is 5.81. The van der Waals surface area contributed by atoms with Gasteiger partial charge in [0.25, 0.3) is 0 Å². The first-order valence-electron chi connectivity index (χ1n) is 6.66. The van der Waals surface area contributed by atoms with Crippen LogP contribution in [-0.4, -0.2) is 34.2 Å². The normalized spacial score (nSPS) is 28.9. The zero-order valence-electron chi connectivity index (χ0n) is 11.2.